The van der Waals surface area contributed by atoms with Crippen molar-refractivity contribution in [2.24, 2.45) is 0 Å². The number of halogens is 3. The molecule has 0 aliphatic rings. The third-order valence-electron chi connectivity index (χ3n) is 3.53. The predicted octanol–water partition coefficient (Wildman–Crippen LogP) is 3.06. The summed E-state index contributed by atoms with van der Waals surface area (Å²) in [4.78, 5) is 26.6. The average Bonchev–Trinajstić information content (AvgIpc) is 2.46. The molecule has 0 saturated heterocycles. The number of rotatable bonds is 4. The van der Waals surface area contributed by atoms with E-state index >= 15 is 0 Å². The molecule has 0 unspecified atom stereocenters. The summed E-state index contributed by atoms with van der Waals surface area (Å²) in [5.74, 6) is -0.617. The van der Waals surface area contributed by atoms with E-state index in [1.54, 1.807) is 13.8 Å². The quantitative estimate of drug-likeness (QED) is 0.900. The molecule has 7 heteroatoms. The van der Waals surface area contributed by atoms with Crippen LogP contribution in [0.15, 0.2) is 41.3 Å². The van der Waals surface area contributed by atoms with Crippen molar-refractivity contribution in [2.45, 2.75) is 32.5 Å². The first-order chi connectivity index (χ1) is 11.2. The molecule has 0 aliphatic heterocycles. The Bertz CT molecular complexity index is 797. The number of nitrogens with one attached hydrogen (secondary N) is 2. The Morgan fingerprint density at radius 3 is 2.58 bits per heavy atom. The molecule has 2 rings (SSSR count). The van der Waals surface area contributed by atoms with Gasteiger partial charge in [-0.15, -0.1) is 0 Å². The monoisotopic (exact) mass is 338 g/mol. The molecule has 1 heterocycles. The Morgan fingerprint density at radius 2 is 1.96 bits per heavy atom. The van der Waals surface area contributed by atoms with Crippen LogP contribution in [0.1, 0.15) is 34.1 Å². The van der Waals surface area contributed by atoms with Crippen molar-refractivity contribution in [2.75, 3.05) is 0 Å². The zero-order chi connectivity index (χ0) is 17.9. The molecule has 0 radical (unpaired) electrons. The molecule has 1 atom stereocenters. The lowest BCUT2D eigenvalue weighted by Gasteiger charge is -2.17. The SMILES string of the molecule is Cc1cc(=O)c(C(=O)N[C@@H](C)Cc2ccccc2C(F)(F)F)c[nH]1. The van der Waals surface area contributed by atoms with Crippen LogP contribution in [0.25, 0.3) is 0 Å². The van der Waals surface area contributed by atoms with E-state index in [2.05, 4.69) is 10.3 Å². The van der Waals surface area contributed by atoms with E-state index in [0.717, 1.165) is 6.07 Å². The minimum atomic E-state index is -4.45. The fraction of sp³-hybridized carbons (Fsp3) is 0.294. The van der Waals surface area contributed by atoms with Crippen molar-refractivity contribution in [3.05, 3.63) is 69.1 Å². The van der Waals surface area contributed by atoms with Gasteiger partial charge in [-0.2, -0.15) is 13.2 Å². The summed E-state index contributed by atoms with van der Waals surface area (Å²) in [7, 11) is 0. The Morgan fingerprint density at radius 1 is 1.29 bits per heavy atom. The Labute approximate surface area is 136 Å². The van der Waals surface area contributed by atoms with E-state index in [-0.39, 0.29) is 17.5 Å². The fourth-order valence-corrected chi connectivity index (χ4v) is 2.41. The second-order valence-electron chi connectivity index (χ2n) is 5.63. The van der Waals surface area contributed by atoms with E-state index in [4.69, 9.17) is 0 Å². The van der Waals surface area contributed by atoms with E-state index in [9.17, 15) is 22.8 Å². The molecule has 0 aliphatic carbocycles. The van der Waals surface area contributed by atoms with Crippen LogP contribution in [-0.2, 0) is 12.6 Å². The van der Waals surface area contributed by atoms with Crippen molar-refractivity contribution in [1.82, 2.24) is 10.3 Å². The molecular weight excluding hydrogens is 321 g/mol. The number of hydrogen-bond donors (Lipinski definition) is 2. The van der Waals surface area contributed by atoms with Crippen LogP contribution in [0.4, 0.5) is 13.2 Å². The number of carbonyl (C=O) groups excluding carboxylic acids is 1. The lowest BCUT2D eigenvalue weighted by atomic mass is 10.0. The van der Waals surface area contributed by atoms with E-state index in [0.29, 0.717) is 5.69 Å². The molecule has 1 aromatic heterocycles. The first kappa shape index (κ1) is 17.8. The van der Waals surface area contributed by atoms with Gasteiger partial charge >= 0.3 is 6.18 Å². The first-order valence-electron chi connectivity index (χ1n) is 7.34. The zero-order valence-electron chi connectivity index (χ0n) is 13.2. The normalized spacial score (nSPS) is 12.7. The maximum atomic E-state index is 13.0. The number of amides is 1. The molecule has 2 N–H and O–H groups in total. The number of aromatic nitrogens is 1. The Balaban J connectivity index is 2.13. The number of hydrogen-bond acceptors (Lipinski definition) is 2. The van der Waals surface area contributed by atoms with Crippen molar-refractivity contribution < 1.29 is 18.0 Å². The molecule has 0 spiro atoms. The summed E-state index contributed by atoms with van der Waals surface area (Å²) in [5.41, 5.74) is -0.526. The number of pyridine rings is 1. The lowest BCUT2D eigenvalue weighted by Crippen LogP contribution is -2.37. The van der Waals surface area contributed by atoms with Gasteiger partial charge in [0.05, 0.1) is 5.56 Å². The van der Waals surface area contributed by atoms with Gasteiger partial charge in [0, 0.05) is 24.0 Å². The highest BCUT2D eigenvalue weighted by atomic mass is 19.4. The second kappa shape index (κ2) is 6.90. The smallest absolute Gasteiger partial charge is 0.364 e. The maximum Gasteiger partial charge on any atom is 0.416 e. The molecule has 1 amide bonds. The van der Waals surface area contributed by atoms with Crippen LogP contribution >= 0.6 is 0 Å². The highest BCUT2D eigenvalue weighted by Gasteiger charge is 2.33. The summed E-state index contributed by atoms with van der Waals surface area (Å²) in [6.45, 7) is 3.27. The predicted molar refractivity (Wildman–Crippen MR) is 83.9 cm³/mol. The summed E-state index contributed by atoms with van der Waals surface area (Å²) in [5, 5.41) is 2.56. The molecule has 1 aromatic carbocycles. The number of aromatic amines is 1. The Hall–Kier alpha value is -2.57. The molecule has 128 valence electrons. The minimum absolute atomic E-state index is 0.00515. The number of alkyl halides is 3. The van der Waals surface area contributed by atoms with Gasteiger partial charge in [-0.3, -0.25) is 9.59 Å². The van der Waals surface area contributed by atoms with Crippen LogP contribution in [-0.4, -0.2) is 16.9 Å². The third-order valence-corrected chi connectivity index (χ3v) is 3.53. The number of aryl methyl sites for hydroxylation is 1. The molecule has 24 heavy (non-hydrogen) atoms. The standard InChI is InChI=1S/C17H17F3N2O2/c1-10-8-15(23)13(9-21-10)16(24)22-11(2)7-12-5-3-4-6-14(12)17(18,19)20/h3-6,8-9,11H,7H2,1-2H3,(H,21,23)(H,22,24)/t11-/m0/s1. The molecule has 0 bridgehead atoms. The van der Waals surface area contributed by atoms with Crippen molar-refractivity contribution in [3.8, 4) is 0 Å². The molecule has 0 saturated carbocycles. The highest BCUT2D eigenvalue weighted by molar-refractivity contribution is 5.93. The zero-order valence-corrected chi connectivity index (χ0v) is 13.2. The Kier molecular flexibility index (Phi) is 5.11. The maximum absolute atomic E-state index is 13.0. The molecule has 4 nitrogen and oxygen atoms in total. The summed E-state index contributed by atoms with van der Waals surface area (Å²) in [6.07, 6.45) is -3.15. The molecule has 2 aromatic rings. The highest BCUT2D eigenvalue weighted by Crippen LogP contribution is 2.32. The minimum Gasteiger partial charge on any atom is -0.364 e. The van der Waals surface area contributed by atoms with Crippen LogP contribution in [0.2, 0.25) is 0 Å². The first-order valence-corrected chi connectivity index (χ1v) is 7.34. The van der Waals surface area contributed by atoms with Crippen molar-refractivity contribution in [1.29, 1.82) is 0 Å². The van der Waals surface area contributed by atoms with E-state index in [1.165, 1.54) is 30.5 Å². The lowest BCUT2D eigenvalue weighted by molar-refractivity contribution is -0.138. The van der Waals surface area contributed by atoms with Crippen molar-refractivity contribution >= 4 is 5.91 Å². The van der Waals surface area contributed by atoms with Gasteiger partial charge < -0.3 is 10.3 Å². The number of carbonyl (C=O) groups is 1. The van der Waals surface area contributed by atoms with Crippen LogP contribution in [0.5, 0.6) is 0 Å². The third kappa shape index (κ3) is 4.24. The number of H-pyrrole nitrogens is 1. The van der Waals surface area contributed by atoms with Gasteiger partial charge in [0.25, 0.3) is 5.91 Å². The molecule has 0 fully saturated rings. The molecular formula is C17H17F3N2O2. The summed E-state index contributed by atoms with van der Waals surface area (Å²) in [6, 6.07) is 5.95. The topological polar surface area (TPSA) is 62.0 Å². The largest absolute Gasteiger partial charge is 0.416 e. The van der Waals surface area contributed by atoms with Crippen LogP contribution in [0.3, 0.4) is 0 Å². The van der Waals surface area contributed by atoms with Gasteiger partial charge in [0.15, 0.2) is 5.43 Å². The second-order valence-corrected chi connectivity index (χ2v) is 5.63. The van der Waals surface area contributed by atoms with Gasteiger partial charge in [0.1, 0.15) is 5.56 Å². The van der Waals surface area contributed by atoms with Gasteiger partial charge in [-0.25, -0.2) is 0 Å². The average molecular weight is 338 g/mol. The van der Waals surface area contributed by atoms with Gasteiger partial charge in [0.2, 0.25) is 0 Å². The van der Waals surface area contributed by atoms with Gasteiger partial charge in [-0.1, -0.05) is 18.2 Å². The summed E-state index contributed by atoms with van der Waals surface area (Å²) < 4.78 is 39.0. The van der Waals surface area contributed by atoms with Gasteiger partial charge in [-0.05, 0) is 31.9 Å². The van der Waals surface area contributed by atoms with E-state index in [1.807, 2.05) is 0 Å². The summed E-state index contributed by atoms with van der Waals surface area (Å²) >= 11 is 0. The van der Waals surface area contributed by atoms with E-state index < -0.39 is 29.1 Å². The van der Waals surface area contributed by atoms with Crippen LogP contribution < -0.4 is 10.7 Å². The van der Waals surface area contributed by atoms with Crippen molar-refractivity contribution in [3.63, 3.8) is 0 Å². The fourth-order valence-electron chi connectivity index (χ4n) is 2.41. The number of benzene rings is 1. The van der Waals surface area contributed by atoms with Crippen LogP contribution in [0, 0.1) is 6.92 Å².